The Morgan fingerprint density at radius 2 is 2.12 bits per heavy atom. The van der Waals surface area contributed by atoms with Gasteiger partial charge in [-0.25, -0.2) is 0 Å². The Morgan fingerprint density at radius 3 is 2.75 bits per heavy atom. The van der Waals surface area contributed by atoms with E-state index in [1.807, 2.05) is 31.2 Å². The lowest BCUT2D eigenvalue weighted by molar-refractivity contribution is -0.118. The normalized spacial score (nSPS) is 9.81. The summed E-state index contributed by atoms with van der Waals surface area (Å²) in [5.74, 6) is 1.39. The molecule has 1 N–H and O–H groups in total. The van der Waals surface area contributed by atoms with E-state index in [0.29, 0.717) is 12.3 Å². The zero-order chi connectivity index (χ0) is 11.8. The van der Waals surface area contributed by atoms with Crippen LogP contribution >= 0.6 is 11.8 Å². The molecule has 0 aliphatic heterocycles. The summed E-state index contributed by atoms with van der Waals surface area (Å²) in [4.78, 5) is 11.4. The van der Waals surface area contributed by atoms with E-state index < -0.39 is 0 Å². The van der Waals surface area contributed by atoms with E-state index >= 15 is 0 Å². The highest BCUT2D eigenvalue weighted by atomic mass is 32.2. The smallest absolute Gasteiger partial charge is 0.230 e. The summed E-state index contributed by atoms with van der Waals surface area (Å²) in [6.07, 6.45) is 1.80. The number of carbonyl (C=O) groups excluding carboxylic acids is 1. The van der Waals surface area contributed by atoms with Crippen molar-refractivity contribution in [3.63, 3.8) is 0 Å². The summed E-state index contributed by atoms with van der Waals surface area (Å²) in [7, 11) is 0. The molecule has 0 unspecified atom stereocenters. The predicted molar refractivity (Wildman–Crippen MR) is 70.5 cm³/mol. The van der Waals surface area contributed by atoms with Gasteiger partial charge in [-0.05, 0) is 12.5 Å². The van der Waals surface area contributed by atoms with Gasteiger partial charge in [-0.2, -0.15) is 0 Å². The van der Waals surface area contributed by atoms with Crippen molar-refractivity contribution in [1.82, 2.24) is 5.32 Å². The lowest BCUT2D eigenvalue weighted by Gasteiger charge is -2.05. The standard InChI is InChI=1S/C13H17NOS/c1-3-8-16-10-13(15)14-9-12-6-4-11(2)5-7-12/h3-7H,1,8-10H2,2H3,(H,14,15). The van der Waals surface area contributed by atoms with Gasteiger partial charge in [-0.3, -0.25) is 4.79 Å². The summed E-state index contributed by atoms with van der Waals surface area (Å²) in [6.45, 7) is 6.26. The second-order valence-electron chi connectivity index (χ2n) is 3.57. The maximum atomic E-state index is 11.4. The predicted octanol–water partition coefficient (Wildman–Crippen LogP) is 2.53. The lowest BCUT2D eigenvalue weighted by atomic mass is 10.1. The third-order valence-electron chi connectivity index (χ3n) is 2.08. The molecule has 0 saturated heterocycles. The molecule has 0 saturated carbocycles. The molecule has 2 nitrogen and oxygen atoms in total. The first-order chi connectivity index (χ1) is 7.72. The monoisotopic (exact) mass is 235 g/mol. The Bertz CT molecular complexity index is 345. The number of rotatable bonds is 6. The maximum Gasteiger partial charge on any atom is 0.230 e. The molecule has 1 rings (SSSR count). The number of carbonyl (C=O) groups is 1. The number of hydrogen-bond donors (Lipinski definition) is 1. The molecular formula is C13H17NOS. The summed E-state index contributed by atoms with van der Waals surface area (Å²) >= 11 is 1.57. The Balaban J connectivity index is 2.26. The molecule has 0 fully saturated rings. The molecule has 0 radical (unpaired) electrons. The van der Waals surface area contributed by atoms with E-state index in [1.54, 1.807) is 17.8 Å². The zero-order valence-corrected chi connectivity index (χ0v) is 10.3. The van der Waals surface area contributed by atoms with Gasteiger partial charge in [0.15, 0.2) is 0 Å². The molecule has 0 aromatic heterocycles. The van der Waals surface area contributed by atoms with E-state index in [1.165, 1.54) is 5.56 Å². The second-order valence-corrected chi connectivity index (χ2v) is 4.60. The minimum atomic E-state index is 0.0763. The Hall–Kier alpha value is -1.22. The van der Waals surface area contributed by atoms with Crippen molar-refractivity contribution in [2.45, 2.75) is 13.5 Å². The van der Waals surface area contributed by atoms with Crippen LogP contribution < -0.4 is 5.32 Å². The average molecular weight is 235 g/mol. The van der Waals surface area contributed by atoms with Crippen LogP contribution in [0, 0.1) is 6.92 Å². The van der Waals surface area contributed by atoms with E-state index in [4.69, 9.17) is 0 Å². The van der Waals surface area contributed by atoms with Crippen LogP contribution in [0.15, 0.2) is 36.9 Å². The molecule has 0 atom stereocenters. The van der Waals surface area contributed by atoms with Crippen molar-refractivity contribution in [3.05, 3.63) is 48.0 Å². The van der Waals surface area contributed by atoms with Crippen LogP contribution in [0.2, 0.25) is 0 Å². The minimum absolute atomic E-state index is 0.0763. The fraction of sp³-hybridized carbons (Fsp3) is 0.308. The third-order valence-corrected chi connectivity index (χ3v) is 3.02. The quantitative estimate of drug-likeness (QED) is 0.606. The number of thioether (sulfide) groups is 1. The number of benzene rings is 1. The van der Waals surface area contributed by atoms with Gasteiger partial charge in [0.1, 0.15) is 0 Å². The lowest BCUT2D eigenvalue weighted by Crippen LogP contribution is -2.24. The number of nitrogens with one attached hydrogen (secondary N) is 1. The largest absolute Gasteiger partial charge is 0.351 e. The van der Waals surface area contributed by atoms with Crippen molar-refractivity contribution < 1.29 is 4.79 Å². The fourth-order valence-corrected chi connectivity index (χ4v) is 1.76. The minimum Gasteiger partial charge on any atom is -0.351 e. The van der Waals surface area contributed by atoms with Crippen LogP contribution in [0.3, 0.4) is 0 Å². The number of hydrogen-bond acceptors (Lipinski definition) is 2. The van der Waals surface area contributed by atoms with Crippen molar-refractivity contribution in [2.75, 3.05) is 11.5 Å². The molecule has 16 heavy (non-hydrogen) atoms. The first-order valence-corrected chi connectivity index (χ1v) is 6.38. The van der Waals surface area contributed by atoms with Crippen molar-refractivity contribution in [1.29, 1.82) is 0 Å². The highest BCUT2D eigenvalue weighted by Crippen LogP contribution is 2.03. The third kappa shape index (κ3) is 5.03. The van der Waals surface area contributed by atoms with Gasteiger partial charge in [0.05, 0.1) is 5.75 Å². The molecule has 3 heteroatoms. The highest BCUT2D eigenvalue weighted by Gasteiger charge is 2.00. The molecule has 0 heterocycles. The van der Waals surface area contributed by atoms with E-state index in [0.717, 1.165) is 11.3 Å². The second kappa shape index (κ2) is 7.12. The first-order valence-electron chi connectivity index (χ1n) is 5.23. The zero-order valence-electron chi connectivity index (χ0n) is 9.53. The maximum absolute atomic E-state index is 11.4. The van der Waals surface area contributed by atoms with Crippen molar-refractivity contribution in [3.8, 4) is 0 Å². The van der Waals surface area contributed by atoms with Crippen molar-refractivity contribution >= 4 is 17.7 Å². The van der Waals surface area contributed by atoms with Crippen LogP contribution in [-0.2, 0) is 11.3 Å². The molecule has 0 bridgehead atoms. The van der Waals surface area contributed by atoms with Crippen LogP contribution in [0.25, 0.3) is 0 Å². The summed E-state index contributed by atoms with van der Waals surface area (Å²) in [6, 6.07) is 8.17. The van der Waals surface area contributed by atoms with E-state index in [9.17, 15) is 4.79 Å². The fourth-order valence-electron chi connectivity index (χ4n) is 1.19. The molecule has 86 valence electrons. The van der Waals surface area contributed by atoms with Crippen molar-refractivity contribution in [2.24, 2.45) is 0 Å². The van der Waals surface area contributed by atoms with E-state index in [2.05, 4.69) is 11.9 Å². The van der Waals surface area contributed by atoms with Gasteiger partial charge in [0.2, 0.25) is 5.91 Å². The summed E-state index contributed by atoms with van der Waals surface area (Å²) < 4.78 is 0. The van der Waals surface area contributed by atoms with Gasteiger partial charge in [0.25, 0.3) is 0 Å². The Labute approximate surface area is 101 Å². The molecular weight excluding hydrogens is 218 g/mol. The van der Waals surface area contributed by atoms with E-state index in [-0.39, 0.29) is 5.91 Å². The molecule has 0 aliphatic rings. The van der Waals surface area contributed by atoms with Crippen LogP contribution in [-0.4, -0.2) is 17.4 Å². The SMILES string of the molecule is C=CCSCC(=O)NCc1ccc(C)cc1. The highest BCUT2D eigenvalue weighted by molar-refractivity contribution is 8.00. The Morgan fingerprint density at radius 1 is 1.44 bits per heavy atom. The van der Waals surface area contributed by atoms with Gasteiger partial charge >= 0.3 is 0 Å². The summed E-state index contributed by atoms with van der Waals surface area (Å²) in [5, 5.41) is 2.88. The average Bonchev–Trinajstić information content (AvgIpc) is 2.29. The number of aryl methyl sites for hydroxylation is 1. The topological polar surface area (TPSA) is 29.1 Å². The summed E-state index contributed by atoms with van der Waals surface area (Å²) in [5.41, 5.74) is 2.37. The van der Waals surface area contributed by atoms with Gasteiger partial charge < -0.3 is 5.32 Å². The van der Waals surface area contributed by atoms with Crippen LogP contribution in [0.4, 0.5) is 0 Å². The van der Waals surface area contributed by atoms with Gasteiger partial charge in [-0.15, -0.1) is 18.3 Å². The first kappa shape index (κ1) is 12.8. The molecule has 0 spiro atoms. The van der Waals surface area contributed by atoms with Crippen LogP contribution in [0.5, 0.6) is 0 Å². The van der Waals surface area contributed by atoms with Gasteiger partial charge in [-0.1, -0.05) is 35.9 Å². The van der Waals surface area contributed by atoms with Gasteiger partial charge in [0, 0.05) is 12.3 Å². The molecule has 1 aromatic rings. The molecule has 1 aromatic carbocycles. The van der Waals surface area contributed by atoms with Crippen LogP contribution in [0.1, 0.15) is 11.1 Å². The molecule has 1 amide bonds. The number of amides is 1. The Kier molecular flexibility index (Phi) is 5.72. The molecule has 0 aliphatic carbocycles.